The average molecular weight is 304 g/mol. The summed E-state index contributed by atoms with van der Waals surface area (Å²) in [5, 5.41) is 3.01. The number of amides is 1. The Morgan fingerprint density at radius 1 is 1.35 bits per heavy atom. The molecule has 20 heavy (non-hydrogen) atoms. The molecule has 0 aromatic rings. The zero-order valence-corrected chi connectivity index (χ0v) is 13.8. The molecule has 1 fully saturated rings. The summed E-state index contributed by atoms with van der Waals surface area (Å²) in [6.45, 7) is 3.44. The van der Waals surface area contributed by atoms with Crippen LogP contribution in [0.25, 0.3) is 0 Å². The van der Waals surface area contributed by atoms with Gasteiger partial charge in [-0.25, -0.2) is 0 Å². The molecule has 0 aliphatic heterocycles. The van der Waals surface area contributed by atoms with E-state index in [0.29, 0.717) is 13.2 Å². The highest BCUT2D eigenvalue weighted by Crippen LogP contribution is 2.31. The van der Waals surface area contributed by atoms with Gasteiger partial charge in [0, 0.05) is 19.6 Å². The SMILES string of the molecule is CCCCC1CCC(C(=O)NCCC(Cl)COC)CC1. The molecule has 1 saturated carbocycles. The van der Waals surface area contributed by atoms with E-state index in [9.17, 15) is 4.79 Å². The lowest BCUT2D eigenvalue weighted by molar-refractivity contribution is -0.126. The number of carbonyl (C=O) groups excluding carboxylic acids is 1. The van der Waals surface area contributed by atoms with Gasteiger partial charge in [-0.3, -0.25) is 4.79 Å². The zero-order chi connectivity index (χ0) is 14.8. The van der Waals surface area contributed by atoms with Crippen LogP contribution in [0.4, 0.5) is 0 Å². The molecule has 1 atom stereocenters. The van der Waals surface area contributed by atoms with Gasteiger partial charge in [0.1, 0.15) is 0 Å². The lowest BCUT2D eigenvalue weighted by Gasteiger charge is -2.27. The minimum Gasteiger partial charge on any atom is -0.383 e. The maximum absolute atomic E-state index is 12.1. The Balaban J connectivity index is 2.13. The minimum atomic E-state index is -0.00919. The van der Waals surface area contributed by atoms with Gasteiger partial charge in [-0.05, 0) is 38.0 Å². The lowest BCUT2D eigenvalue weighted by Crippen LogP contribution is -2.34. The quantitative estimate of drug-likeness (QED) is 0.659. The van der Waals surface area contributed by atoms with Gasteiger partial charge in [0.05, 0.1) is 12.0 Å². The summed E-state index contributed by atoms with van der Waals surface area (Å²) in [6, 6.07) is 0. The second-order valence-corrected chi connectivity index (χ2v) is 6.61. The maximum atomic E-state index is 12.1. The van der Waals surface area contributed by atoms with Crippen LogP contribution in [0.3, 0.4) is 0 Å². The average Bonchev–Trinajstić information content (AvgIpc) is 2.46. The van der Waals surface area contributed by atoms with E-state index in [2.05, 4.69) is 12.2 Å². The number of nitrogens with one attached hydrogen (secondary N) is 1. The van der Waals surface area contributed by atoms with Crippen LogP contribution < -0.4 is 5.32 Å². The molecule has 0 bridgehead atoms. The van der Waals surface area contributed by atoms with Crippen molar-refractivity contribution in [3.05, 3.63) is 0 Å². The molecule has 1 unspecified atom stereocenters. The van der Waals surface area contributed by atoms with Crippen molar-refractivity contribution in [3.8, 4) is 0 Å². The number of alkyl halides is 1. The highest BCUT2D eigenvalue weighted by molar-refractivity contribution is 6.20. The molecule has 0 heterocycles. The van der Waals surface area contributed by atoms with E-state index < -0.39 is 0 Å². The van der Waals surface area contributed by atoms with Crippen LogP contribution in [0.1, 0.15) is 58.3 Å². The summed E-state index contributed by atoms with van der Waals surface area (Å²) in [7, 11) is 1.64. The van der Waals surface area contributed by atoms with E-state index in [1.54, 1.807) is 7.11 Å². The second kappa shape index (κ2) is 10.4. The summed E-state index contributed by atoms with van der Waals surface area (Å²) in [5.41, 5.74) is 0. The van der Waals surface area contributed by atoms with Crippen molar-refractivity contribution < 1.29 is 9.53 Å². The van der Waals surface area contributed by atoms with Crippen LogP contribution in [-0.2, 0) is 9.53 Å². The minimum absolute atomic E-state index is 0.00919. The molecule has 0 aromatic carbocycles. The van der Waals surface area contributed by atoms with Crippen molar-refractivity contribution in [2.45, 2.75) is 63.7 Å². The zero-order valence-electron chi connectivity index (χ0n) is 13.0. The van der Waals surface area contributed by atoms with Crippen molar-refractivity contribution in [1.29, 1.82) is 0 Å². The summed E-state index contributed by atoms with van der Waals surface area (Å²) in [4.78, 5) is 12.1. The number of halogens is 1. The highest BCUT2D eigenvalue weighted by atomic mass is 35.5. The van der Waals surface area contributed by atoms with Gasteiger partial charge >= 0.3 is 0 Å². The summed E-state index contributed by atoms with van der Waals surface area (Å²) in [5.74, 6) is 1.30. The predicted molar refractivity (Wildman–Crippen MR) is 84.1 cm³/mol. The topological polar surface area (TPSA) is 38.3 Å². The van der Waals surface area contributed by atoms with Crippen LogP contribution in [0.5, 0.6) is 0 Å². The molecule has 1 N–H and O–H groups in total. The third-order valence-corrected chi connectivity index (χ3v) is 4.63. The van der Waals surface area contributed by atoms with Crippen LogP contribution in [0.2, 0.25) is 0 Å². The summed E-state index contributed by atoms with van der Waals surface area (Å²) < 4.78 is 4.98. The van der Waals surface area contributed by atoms with Gasteiger partial charge < -0.3 is 10.1 Å². The standard InChI is InChI=1S/C16H30ClNO2/c1-3-4-5-13-6-8-14(9-7-13)16(19)18-11-10-15(17)12-20-2/h13-15H,3-12H2,1-2H3,(H,18,19). The summed E-state index contributed by atoms with van der Waals surface area (Å²) >= 11 is 6.04. The fourth-order valence-corrected chi connectivity index (χ4v) is 3.20. The van der Waals surface area contributed by atoms with Crippen LogP contribution in [-0.4, -0.2) is 31.5 Å². The fourth-order valence-electron chi connectivity index (χ4n) is 2.97. The summed E-state index contributed by atoms with van der Waals surface area (Å²) in [6.07, 6.45) is 9.29. The lowest BCUT2D eigenvalue weighted by atomic mass is 9.79. The molecule has 1 amide bonds. The number of carbonyl (C=O) groups is 1. The van der Waals surface area contributed by atoms with Crippen molar-refractivity contribution in [3.63, 3.8) is 0 Å². The number of ether oxygens (including phenoxy) is 1. The third kappa shape index (κ3) is 6.94. The number of methoxy groups -OCH3 is 1. The van der Waals surface area contributed by atoms with Crippen LogP contribution in [0, 0.1) is 11.8 Å². The van der Waals surface area contributed by atoms with Crippen molar-refractivity contribution in [1.82, 2.24) is 5.32 Å². The molecule has 4 heteroatoms. The highest BCUT2D eigenvalue weighted by Gasteiger charge is 2.25. The largest absolute Gasteiger partial charge is 0.383 e. The molecule has 118 valence electrons. The van der Waals surface area contributed by atoms with E-state index in [-0.39, 0.29) is 17.2 Å². The van der Waals surface area contributed by atoms with Gasteiger partial charge in [0.25, 0.3) is 0 Å². The third-order valence-electron chi connectivity index (χ3n) is 4.29. The molecule has 1 aliphatic rings. The van der Waals surface area contributed by atoms with Gasteiger partial charge in [0.2, 0.25) is 5.91 Å². The first-order valence-electron chi connectivity index (χ1n) is 8.08. The van der Waals surface area contributed by atoms with Crippen molar-refractivity contribution in [2.75, 3.05) is 20.3 Å². The molecule has 0 spiro atoms. The number of rotatable bonds is 9. The number of unbranched alkanes of at least 4 members (excludes halogenated alkanes) is 1. The first-order valence-corrected chi connectivity index (χ1v) is 8.51. The first-order chi connectivity index (χ1) is 9.67. The Morgan fingerprint density at radius 2 is 2.05 bits per heavy atom. The van der Waals surface area contributed by atoms with E-state index in [1.807, 2.05) is 0 Å². The maximum Gasteiger partial charge on any atom is 0.223 e. The number of hydrogen-bond donors (Lipinski definition) is 1. The van der Waals surface area contributed by atoms with Crippen molar-refractivity contribution in [2.24, 2.45) is 11.8 Å². The molecule has 1 aliphatic carbocycles. The Hall–Kier alpha value is -0.280. The first kappa shape index (κ1) is 17.8. The molecular formula is C16H30ClNO2. The Morgan fingerprint density at radius 3 is 2.65 bits per heavy atom. The predicted octanol–water partition coefficient (Wildman–Crippen LogP) is 3.74. The van der Waals surface area contributed by atoms with Gasteiger partial charge in [-0.15, -0.1) is 11.6 Å². The monoisotopic (exact) mass is 303 g/mol. The molecule has 0 aromatic heterocycles. The van der Waals surface area contributed by atoms with E-state index >= 15 is 0 Å². The smallest absolute Gasteiger partial charge is 0.223 e. The van der Waals surface area contributed by atoms with Crippen LogP contribution >= 0.6 is 11.6 Å². The molecular weight excluding hydrogens is 274 g/mol. The Kier molecular flexibility index (Phi) is 9.28. The number of hydrogen-bond acceptors (Lipinski definition) is 2. The molecule has 0 saturated heterocycles. The molecule has 1 rings (SSSR count). The van der Waals surface area contributed by atoms with E-state index in [0.717, 1.165) is 25.2 Å². The van der Waals surface area contributed by atoms with Crippen molar-refractivity contribution >= 4 is 17.5 Å². The van der Waals surface area contributed by atoms with Gasteiger partial charge in [-0.1, -0.05) is 26.2 Å². The second-order valence-electron chi connectivity index (χ2n) is 5.99. The fraction of sp³-hybridized carbons (Fsp3) is 0.938. The van der Waals surface area contributed by atoms with Crippen LogP contribution in [0.15, 0.2) is 0 Å². The van der Waals surface area contributed by atoms with E-state index in [1.165, 1.54) is 32.1 Å². The molecule has 3 nitrogen and oxygen atoms in total. The normalized spacial score (nSPS) is 24.4. The molecule has 0 radical (unpaired) electrons. The Labute approximate surface area is 128 Å². The van der Waals surface area contributed by atoms with E-state index in [4.69, 9.17) is 16.3 Å². The van der Waals surface area contributed by atoms with Gasteiger partial charge in [0.15, 0.2) is 0 Å². The van der Waals surface area contributed by atoms with Gasteiger partial charge in [-0.2, -0.15) is 0 Å². The Bertz CT molecular complexity index is 265.